The zero-order valence-electron chi connectivity index (χ0n) is 15.5. The number of hydrogen-bond acceptors (Lipinski definition) is 4. The highest BCUT2D eigenvalue weighted by atomic mass is 16.6. The molecule has 6 nitrogen and oxygen atoms in total. The lowest BCUT2D eigenvalue weighted by molar-refractivity contribution is -0.143. The van der Waals surface area contributed by atoms with Crippen LogP contribution in [0.15, 0.2) is 53.3 Å². The lowest BCUT2D eigenvalue weighted by atomic mass is 9.90. The molecule has 1 atom stereocenters. The van der Waals surface area contributed by atoms with E-state index in [4.69, 9.17) is 14.9 Å². The summed E-state index contributed by atoms with van der Waals surface area (Å²) < 4.78 is 4.98. The van der Waals surface area contributed by atoms with Crippen LogP contribution in [0.25, 0.3) is 0 Å². The van der Waals surface area contributed by atoms with Crippen LogP contribution >= 0.6 is 0 Å². The van der Waals surface area contributed by atoms with Gasteiger partial charge in [-0.05, 0) is 37.0 Å². The Balaban J connectivity index is 0.000000194. The summed E-state index contributed by atoms with van der Waals surface area (Å²) >= 11 is 0. The Morgan fingerprint density at radius 2 is 1.78 bits per heavy atom. The number of carbonyl (C=O) groups is 3. The first-order valence-electron chi connectivity index (χ1n) is 8.93. The molecule has 3 rings (SSSR count). The van der Waals surface area contributed by atoms with E-state index in [1.807, 2.05) is 25.1 Å². The number of aliphatic carboxylic acids is 2. The van der Waals surface area contributed by atoms with Gasteiger partial charge < -0.3 is 14.9 Å². The van der Waals surface area contributed by atoms with Crippen LogP contribution in [0.2, 0.25) is 0 Å². The molecule has 144 valence electrons. The van der Waals surface area contributed by atoms with Crippen molar-refractivity contribution in [2.24, 2.45) is 0 Å². The summed E-state index contributed by atoms with van der Waals surface area (Å²) in [5, 5.41) is 17.6. The summed E-state index contributed by atoms with van der Waals surface area (Å²) in [5.41, 5.74) is 0.529. The van der Waals surface area contributed by atoms with Crippen molar-refractivity contribution in [3.8, 4) is 0 Å². The van der Waals surface area contributed by atoms with Crippen LogP contribution in [0.4, 0.5) is 0 Å². The average Bonchev–Trinajstić information content (AvgIpc) is 3.39. The molecule has 27 heavy (non-hydrogen) atoms. The predicted octanol–water partition coefficient (Wildman–Crippen LogP) is 3.52. The normalized spacial score (nSPS) is 19.7. The Morgan fingerprint density at radius 3 is 2.33 bits per heavy atom. The molecule has 0 bridgehead atoms. The number of aryl methyl sites for hydroxylation is 1. The quantitative estimate of drug-likeness (QED) is 0.710. The van der Waals surface area contributed by atoms with Crippen molar-refractivity contribution >= 4 is 17.7 Å². The number of benzene rings is 1. The summed E-state index contributed by atoms with van der Waals surface area (Å²) in [5.74, 6) is -1.46. The van der Waals surface area contributed by atoms with Crippen molar-refractivity contribution in [2.75, 3.05) is 0 Å². The van der Waals surface area contributed by atoms with Crippen LogP contribution in [0, 0.1) is 0 Å². The number of ketones is 1. The molecule has 0 spiro atoms. The Bertz CT molecular complexity index is 790. The molecular formula is C21H24O6. The van der Waals surface area contributed by atoms with Crippen molar-refractivity contribution in [3.05, 3.63) is 58.9 Å². The minimum absolute atomic E-state index is 0.0751. The predicted molar refractivity (Wildman–Crippen MR) is 99.2 cm³/mol. The Kier molecular flexibility index (Phi) is 6.55. The smallest absolute Gasteiger partial charge is 0.356 e. The topological polar surface area (TPSA) is 104 Å². The summed E-state index contributed by atoms with van der Waals surface area (Å²) in [4.78, 5) is 32.8. The molecule has 0 saturated carbocycles. The number of hydrogen-bond donors (Lipinski definition) is 2. The fourth-order valence-corrected chi connectivity index (χ4v) is 3.00. The van der Waals surface area contributed by atoms with Crippen molar-refractivity contribution < 1.29 is 29.3 Å². The Morgan fingerprint density at radius 1 is 1.11 bits per heavy atom. The molecule has 1 aromatic carbocycles. The van der Waals surface area contributed by atoms with E-state index < -0.39 is 17.5 Å². The van der Waals surface area contributed by atoms with Gasteiger partial charge in [0.05, 0.1) is 0 Å². The molecule has 1 unspecified atom stereocenters. The summed E-state index contributed by atoms with van der Waals surface area (Å²) in [6.07, 6.45) is 4.63. The second kappa shape index (κ2) is 8.66. The van der Waals surface area contributed by atoms with Crippen LogP contribution in [0.5, 0.6) is 0 Å². The summed E-state index contributed by atoms with van der Waals surface area (Å²) in [6.45, 7) is 3.68. The number of carbonyl (C=O) groups excluding carboxylic acids is 1. The number of epoxide rings is 1. The third-order valence-electron chi connectivity index (χ3n) is 4.47. The van der Waals surface area contributed by atoms with E-state index in [1.165, 1.54) is 11.6 Å². The lowest BCUT2D eigenvalue weighted by Gasteiger charge is -2.08. The van der Waals surface area contributed by atoms with Crippen LogP contribution in [0.1, 0.15) is 45.1 Å². The first-order chi connectivity index (χ1) is 12.8. The Hall–Kier alpha value is -2.89. The fraction of sp³-hybridized carbons (Fsp3) is 0.381. The Labute approximate surface area is 158 Å². The maximum absolute atomic E-state index is 11.2. The van der Waals surface area contributed by atoms with Gasteiger partial charge in [-0.2, -0.15) is 0 Å². The molecule has 2 aliphatic rings. The molecule has 0 amide bonds. The lowest BCUT2D eigenvalue weighted by Crippen LogP contribution is -2.27. The molecular weight excluding hydrogens is 348 g/mol. The van der Waals surface area contributed by atoms with E-state index in [-0.39, 0.29) is 12.0 Å². The second-order valence-corrected chi connectivity index (χ2v) is 6.67. The number of carboxylic acids is 2. The van der Waals surface area contributed by atoms with Gasteiger partial charge >= 0.3 is 11.9 Å². The van der Waals surface area contributed by atoms with E-state index in [0.29, 0.717) is 23.5 Å². The first kappa shape index (κ1) is 20.4. The molecule has 0 radical (unpaired) electrons. The van der Waals surface area contributed by atoms with Crippen molar-refractivity contribution in [3.63, 3.8) is 0 Å². The second-order valence-electron chi connectivity index (χ2n) is 6.67. The molecule has 6 heteroatoms. The maximum Gasteiger partial charge on any atom is 0.356 e. The van der Waals surface area contributed by atoms with Gasteiger partial charge in [-0.1, -0.05) is 37.3 Å². The van der Waals surface area contributed by atoms with Gasteiger partial charge in [0.2, 0.25) is 0 Å². The highest BCUT2D eigenvalue weighted by Gasteiger charge is 2.63. The molecule has 1 aromatic rings. The molecule has 2 N–H and O–H groups in total. The van der Waals surface area contributed by atoms with Crippen molar-refractivity contribution in [1.82, 2.24) is 0 Å². The van der Waals surface area contributed by atoms with E-state index in [2.05, 4.69) is 12.1 Å². The van der Waals surface area contributed by atoms with E-state index in [0.717, 1.165) is 19.3 Å². The van der Waals surface area contributed by atoms with E-state index in [1.54, 1.807) is 6.92 Å². The minimum Gasteiger partial charge on any atom is -0.478 e. The minimum atomic E-state index is -1.38. The monoisotopic (exact) mass is 372 g/mol. The van der Waals surface area contributed by atoms with Crippen molar-refractivity contribution in [2.45, 2.75) is 51.6 Å². The van der Waals surface area contributed by atoms with Crippen LogP contribution < -0.4 is 0 Å². The SMILES string of the molecule is CC1=C2OC2(C(=O)O)CC(C(=O)O)=C1.CCCC(=O)CCc1ccccc1. The summed E-state index contributed by atoms with van der Waals surface area (Å²) in [7, 11) is 0. The number of Topliss-reactive ketones (excluding diaryl/α,β-unsaturated/α-hetero) is 1. The number of ether oxygens (including phenoxy) is 1. The van der Waals surface area contributed by atoms with Gasteiger partial charge in [-0.3, -0.25) is 4.79 Å². The summed E-state index contributed by atoms with van der Waals surface area (Å²) in [6, 6.07) is 10.2. The number of carboxylic acid groups (broad SMARTS) is 2. The first-order valence-corrected chi connectivity index (χ1v) is 8.93. The fourth-order valence-electron chi connectivity index (χ4n) is 3.00. The highest BCUT2D eigenvalue weighted by Crippen LogP contribution is 2.51. The van der Waals surface area contributed by atoms with Gasteiger partial charge in [0.1, 0.15) is 5.78 Å². The van der Waals surface area contributed by atoms with Gasteiger partial charge in [0, 0.05) is 24.8 Å². The van der Waals surface area contributed by atoms with E-state index in [9.17, 15) is 14.4 Å². The van der Waals surface area contributed by atoms with Gasteiger partial charge in [-0.25, -0.2) is 9.59 Å². The molecule has 1 fully saturated rings. The maximum atomic E-state index is 11.2. The van der Waals surface area contributed by atoms with Crippen LogP contribution in [-0.4, -0.2) is 33.5 Å². The van der Waals surface area contributed by atoms with Crippen LogP contribution in [-0.2, 0) is 25.5 Å². The molecule has 1 heterocycles. The van der Waals surface area contributed by atoms with E-state index >= 15 is 0 Å². The molecule has 1 saturated heterocycles. The number of allylic oxidation sites excluding steroid dienone is 2. The number of rotatable bonds is 7. The van der Waals surface area contributed by atoms with Crippen molar-refractivity contribution in [1.29, 1.82) is 0 Å². The molecule has 0 aromatic heterocycles. The van der Waals surface area contributed by atoms with Gasteiger partial charge in [0.15, 0.2) is 5.76 Å². The zero-order chi connectivity index (χ0) is 20.0. The molecule has 1 aliphatic carbocycles. The third kappa shape index (κ3) is 5.06. The average molecular weight is 372 g/mol. The zero-order valence-corrected chi connectivity index (χ0v) is 15.5. The standard InChI is InChI=1S/C12H16O.C9H8O5/c1-2-6-12(13)10-9-11-7-4-3-5-8-11;1-4-2-5(7(10)11)3-9(8(12)13)6(4)14-9/h3-5,7-8H,2,6,9-10H2,1H3;2H,3H2,1H3,(H,10,11)(H,12,13). The molecule has 1 aliphatic heterocycles. The largest absolute Gasteiger partial charge is 0.478 e. The highest BCUT2D eigenvalue weighted by molar-refractivity contribution is 5.94. The van der Waals surface area contributed by atoms with Crippen LogP contribution in [0.3, 0.4) is 0 Å². The third-order valence-corrected chi connectivity index (χ3v) is 4.47. The number of fused-ring (bicyclic) bond motifs is 1. The van der Waals surface area contributed by atoms with Gasteiger partial charge in [0.25, 0.3) is 5.60 Å². The van der Waals surface area contributed by atoms with Gasteiger partial charge in [-0.15, -0.1) is 0 Å².